The fraction of sp³-hybridized carbons (Fsp3) is 0.273. The summed E-state index contributed by atoms with van der Waals surface area (Å²) in [5.41, 5.74) is 1.97. The summed E-state index contributed by atoms with van der Waals surface area (Å²) in [7, 11) is 3.23. The summed E-state index contributed by atoms with van der Waals surface area (Å²) >= 11 is 0. The van der Waals surface area contributed by atoms with Crippen molar-refractivity contribution >= 4 is 5.91 Å². The smallest absolute Gasteiger partial charge is 0.223 e. The molecule has 0 aliphatic heterocycles. The van der Waals surface area contributed by atoms with Crippen LogP contribution in [0.2, 0.25) is 0 Å². The molecule has 0 aliphatic carbocycles. The molecule has 0 N–H and O–H groups in total. The van der Waals surface area contributed by atoms with Gasteiger partial charge in [-0.2, -0.15) is 0 Å². The van der Waals surface area contributed by atoms with Crippen LogP contribution < -0.4 is 9.47 Å². The van der Waals surface area contributed by atoms with E-state index in [-0.39, 0.29) is 5.91 Å². The van der Waals surface area contributed by atoms with Crippen molar-refractivity contribution in [1.29, 1.82) is 0 Å². The standard InChI is InChI=1S/C22H24N2O4/c1-26-20-11-17(12-21(13-20)27-2)7-8-22(25)24(16-19-6-4-10-28-19)15-18-5-3-9-23-14-18/h3-6,9-14H,7-8,15-16H2,1-2H3. The Bertz CT molecular complexity index is 857. The third kappa shape index (κ3) is 5.36. The van der Waals surface area contributed by atoms with Crippen LogP contribution in [0.25, 0.3) is 0 Å². The number of methoxy groups -OCH3 is 2. The number of aryl methyl sites for hydroxylation is 1. The molecule has 0 bridgehead atoms. The van der Waals surface area contributed by atoms with E-state index in [4.69, 9.17) is 13.9 Å². The van der Waals surface area contributed by atoms with E-state index in [1.807, 2.05) is 42.5 Å². The highest BCUT2D eigenvalue weighted by Gasteiger charge is 2.16. The second kappa shape index (κ2) is 9.60. The molecule has 0 atom stereocenters. The van der Waals surface area contributed by atoms with Crippen LogP contribution in [-0.4, -0.2) is 30.0 Å². The predicted molar refractivity (Wildman–Crippen MR) is 105 cm³/mol. The third-order valence-corrected chi connectivity index (χ3v) is 4.41. The number of carbonyl (C=O) groups is 1. The fourth-order valence-electron chi connectivity index (χ4n) is 2.96. The van der Waals surface area contributed by atoms with E-state index in [9.17, 15) is 4.79 Å². The van der Waals surface area contributed by atoms with Gasteiger partial charge in [-0.15, -0.1) is 0 Å². The lowest BCUT2D eigenvalue weighted by molar-refractivity contribution is -0.132. The van der Waals surface area contributed by atoms with Crippen LogP contribution in [0.15, 0.2) is 65.5 Å². The first-order valence-electron chi connectivity index (χ1n) is 9.09. The summed E-state index contributed by atoms with van der Waals surface area (Å²) in [6.07, 6.45) is 6.07. The molecule has 146 valence electrons. The average Bonchev–Trinajstić information content (AvgIpc) is 3.25. The van der Waals surface area contributed by atoms with Crippen molar-refractivity contribution in [3.05, 3.63) is 78.0 Å². The van der Waals surface area contributed by atoms with Crippen LogP contribution in [-0.2, 0) is 24.3 Å². The number of pyridine rings is 1. The Balaban J connectivity index is 1.70. The van der Waals surface area contributed by atoms with E-state index in [0.29, 0.717) is 37.4 Å². The van der Waals surface area contributed by atoms with E-state index in [1.165, 1.54) is 0 Å². The maximum absolute atomic E-state index is 13.0. The van der Waals surface area contributed by atoms with E-state index >= 15 is 0 Å². The molecule has 3 aromatic rings. The molecule has 28 heavy (non-hydrogen) atoms. The minimum absolute atomic E-state index is 0.0436. The topological polar surface area (TPSA) is 64.8 Å². The van der Waals surface area contributed by atoms with Crippen LogP contribution in [0.5, 0.6) is 11.5 Å². The monoisotopic (exact) mass is 380 g/mol. The quantitative estimate of drug-likeness (QED) is 0.564. The van der Waals surface area contributed by atoms with E-state index in [2.05, 4.69) is 4.98 Å². The first-order chi connectivity index (χ1) is 13.7. The Labute approximate surface area is 164 Å². The predicted octanol–water partition coefficient (Wildman–Crippen LogP) is 3.85. The van der Waals surface area contributed by atoms with Crippen molar-refractivity contribution in [2.24, 2.45) is 0 Å². The van der Waals surface area contributed by atoms with Gasteiger partial charge in [-0.3, -0.25) is 9.78 Å². The Morgan fingerprint density at radius 1 is 1.04 bits per heavy atom. The van der Waals surface area contributed by atoms with Gasteiger partial charge in [0, 0.05) is 31.4 Å². The number of furan rings is 1. The Morgan fingerprint density at radius 3 is 2.43 bits per heavy atom. The van der Waals surface area contributed by atoms with Gasteiger partial charge in [-0.05, 0) is 47.9 Å². The lowest BCUT2D eigenvalue weighted by atomic mass is 10.1. The molecule has 0 aliphatic rings. The maximum Gasteiger partial charge on any atom is 0.223 e. The molecule has 3 rings (SSSR count). The number of amides is 1. The highest BCUT2D eigenvalue weighted by Crippen LogP contribution is 2.23. The largest absolute Gasteiger partial charge is 0.497 e. The number of hydrogen-bond acceptors (Lipinski definition) is 5. The molecule has 0 saturated heterocycles. The molecule has 0 saturated carbocycles. The second-order valence-corrected chi connectivity index (χ2v) is 6.41. The lowest BCUT2D eigenvalue weighted by Crippen LogP contribution is -2.30. The highest BCUT2D eigenvalue weighted by atomic mass is 16.5. The first kappa shape index (κ1) is 19.5. The minimum Gasteiger partial charge on any atom is -0.497 e. The van der Waals surface area contributed by atoms with Crippen molar-refractivity contribution in [2.45, 2.75) is 25.9 Å². The maximum atomic E-state index is 13.0. The molecule has 0 radical (unpaired) electrons. The van der Waals surface area contributed by atoms with Crippen molar-refractivity contribution < 1.29 is 18.7 Å². The van der Waals surface area contributed by atoms with Crippen LogP contribution in [0.4, 0.5) is 0 Å². The van der Waals surface area contributed by atoms with Gasteiger partial charge in [0.15, 0.2) is 0 Å². The molecular weight excluding hydrogens is 356 g/mol. The van der Waals surface area contributed by atoms with Crippen LogP contribution in [0.1, 0.15) is 23.3 Å². The molecule has 0 spiro atoms. The van der Waals surface area contributed by atoms with Gasteiger partial charge in [0.25, 0.3) is 0 Å². The summed E-state index contributed by atoms with van der Waals surface area (Å²) in [4.78, 5) is 18.9. The highest BCUT2D eigenvalue weighted by molar-refractivity contribution is 5.76. The summed E-state index contributed by atoms with van der Waals surface area (Å²) in [6, 6.07) is 13.2. The zero-order chi connectivity index (χ0) is 19.8. The van der Waals surface area contributed by atoms with Gasteiger partial charge in [-0.25, -0.2) is 0 Å². The molecule has 2 heterocycles. The number of carbonyl (C=O) groups excluding carboxylic acids is 1. The molecule has 2 aromatic heterocycles. The summed E-state index contributed by atoms with van der Waals surface area (Å²) in [5, 5.41) is 0. The van der Waals surface area contributed by atoms with Crippen molar-refractivity contribution in [2.75, 3.05) is 14.2 Å². The number of rotatable bonds is 9. The fourth-order valence-corrected chi connectivity index (χ4v) is 2.96. The minimum atomic E-state index is 0.0436. The second-order valence-electron chi connectivity index (χ2n) is 6.41. The van der Waals surface area contributed by atoms with Crippen LogP contribution in [0.3, 0.4) is 0 Å². The van der Waals surface area contributed by atoms with E-state index in [0.717, 1.165) is 16.9 Å². The van der Waals surface area contributed by atoms with E-state index < -0.39 is 0 Å². The normalized spacial score (nSPS) is 10.5. The molecule has 6 nitrogen and oxygen atoms in total. The summed E-state index contributed by atoms with van der Waals surface area (Å²) in [5.74, 6) is 2.22. The van der Waals surface area contributed by atoms with Gasteiger partial charge in [0.05, 0.1) is 27.0 Å². The zero-order valence-electron chi connectivity index (χ0n) is 16.1. The summed E-state index contributed by atoms with van der Waals surface area (Å²) < 4.78 is 16.0. The van der Waals surface area contributed by atoms with Gasteiger partial charge in [0.2, 0.25) is 5.91 Å². The number of hydrogen-bond donors (Lipinski definition) is 0. The van der Waals surface area contributed by atoms with Crippen molar-refractivity contribution in [1.82, 2.24) is 9.88 Å². The van der Waals surface area contributed by atoms with Gasteiger partial charge in [0.1, 0.15) is 17.3 Å². The SMILES string of the molecule is COc1cc(CCC(=O)N(Cc2cccnc2)Cc2ccco2)cc(OC)c1. The third-order valence-electron chi connectivity index (χ3n) is 4.41. The van der Waals surface area contributed by atoms with Gasteiger partial charge in [-0.1, -0.05) is 6.07 Å². The number of aromatic nitrogens is 1. The number of nitrogens with zero attached hydrogens (tertiary/aromatic N) is 2. The summed E-state index contributed by atoms with van der Waals surface area (Å²) in [6.45, 7) is 0.900. The van der Waals surface area contributed by atoms with Gasteiger partial charge < -0.3 is 18.8 Å². The molecule has 1 amide bonds. The molecule has 0 unspecified atom stereocenters. The van der Waals surface area contributed by atoms with Crippen LogP contribution in [0, 0.1) is 0 Å². The molecule has 6 heteroatoms. The molecular formula is C22H24N2O4. The average molecular weight is 380 g/mol. The molecule has 0 fully saturated rings. The molecule has 1 aromatic carbocycles. The lowest BCUT2D eigenvalue weighted by Gasteiger charge is -2.22. The first-order valence-corrected chi connectivity index (χ1v) is 9.09. The van der Waals surface area contributed by atoms with E-state index in [1.54, 1.807) is 37.8 Å². The van der Waals surface area contributed by atoms with Crippen molar-refractivity contribution in [3.8, 4) is 11.5 Å². The Hall–Kier alpha value is -3.28. The number of benzene rings is 1. The van der Waals surface area contributed by atoms with Crippen molar-refractivity contribution in [3.63, 3.8) is 0 Å². The number of ether oxygens (including phenoxy) is 2. The zero-order valence-corrected chi connectivity index (χ0v) is 16.1. The Kier molecular flexibility index (Phi) is 6.68. The Morgan fingerprint density at radius 2 is 1.82 bits per heavy atom. The van der Waals surface area contributed by atoms with Crippen LogP contribution >= 0.6 is 0 Å². The van der Waals surface area contributed by atoms with Gasteiger partial charge >= 0.3 is 0 Å².